The zero-order chi connectivity index (χ0) is 14.1. The summed E-state index contributed by atoms with van der Waals surface area (Å²) in [5.74, 6) is -2.51. The number of allylic oxidation sites excluding steroid dienone is 1. The maximum absolute atomic E-state index is 9.55. The number of hydrogen-bond donors (Lipinski definition) is 3. The molecule has 0 atom stereocenters. The number of hydrazone groups is 1. The van der Waals surface area contributed by atoms with Gasteiger partial charge < -0.3 is 10.2 Å². The molecule has 0 spiro atoms. The molecule has 3 N–H and O–H groups in total. The van der Waals surface area contributed by atoms with Crippen molar-refractivity contribution < 1.29 is 19.8 Å². The monoisotopic (exact) mass is 260 g/mol. The highest BCUT2D eigenvalue weighted by atomic mass is 16.4. The number of carboxylic acid groups (broad SMARTS) is 2. The van der Waals surface area contributed by atoms with E-state index >= 15 is 0 Å². The van der Waals surface area contributed by atoms with Crippen molar-refractivity contribution in [2.24, 2.45) is 5.10 Å². The Morgan fingerprint density at radius 3 is 2.37 bits per heavy atom. The van der Waals surface area contributed by atoms with Crippen LogP contribution in [0.1, 0.15) is 5.56 Å². The number of carbonyl (C=O) groups is 2. The Morgan fingerprint density at radius 2 is 1.74 bits per heavy atom. The zero-order valence-electron chi connectivity index (χ0n) is 9.85. The Balaban J connectivity index is 0.000000203. The third-order valence-electron chi connectivity index (χ3n) is 1.95. The number of rotatable bonds is 2. The maximum atomic E-state index is 9.55. The highest BCUT2D eigenvalue weighted by Gasteiger charge is 1.96. The average molecular weight is 260 g/mol. The lowest BCUT2D eigenvalue weighted by atomic mass is 10.2. The molecular formula is C13H12N2O4. The molecule has 0 saturated carbocycles. The molecule has 6 nitrogen and oxygen atoms in total. The molecular weight excluding hydrogens is 248 g/mol. The summed E-state index contributed by atoms with van der Waals surface area (Å²) in [7, 11) is 0. The second-order valence-electron chi connectivity index (χ2n) is 3.35. The standard InChI is InChI=1S/C9H8N2.C4H4O4/c1-2-6-9-8(4-1)5-3-7-10-11-9;5-3(6)1-2-4(7)8/h1-7,11H;1-2H,(H,5,6)(H,7,8). The van der Waals surface area contributed by atoms with E-state index < -0.39 is 11.9 Å². The topological polar surface area (TPSA) is 99.0 Å². The molecule has 0 saturated heterocycles. The van der Waals surface area contributed by atoms with Crippen molar-refractivity contribution in [2.45, 2.75) is 0 Å². The second kappa shape index (κ2) is 7.44. The van der Waals surface area contributed by atoms with Crippen molar-refractivity contribution in [3.8, 4) is 0 Å². The fraction of sp³-hybridized carbons (Fsp3) is 0. The van der Waals surface area contributed by atoms with E-state index in [9.17, 15) is 9.59 Å². The fourth-order valence-electron chi connectivity index (χ4n) is 1.18. The number of hydrogen-bond acceptors (Lipinski definition) is 4. The molecule has 0 fully saturated rings. The molecule has 2 rings (SSSR count). The molecule has 1 aromatic rings. The minimum Gasteiger partial charge on any atom is -0.478 e. The van der Waals surface area contributed by atoms with E-state index in [0.29, 0.717) is 12.2 Å². The molecule has 0 radical (unpaired) electrons. The summed E-state index contributed by atoms with van der Waals surface area (Å²) in [6, 6.07) is 8.05. The first kappa shape index (κ1) is 14.2. The minimum absolute atomic E-state index is 0.558. The van der Waals surface area contributed by atoms with Crippen LogP contribution in [0.5, 0.6) is 0 Å². The van der Waals surface area contributed by atoms with Gasteiger partial charge in [0.1, 0.15) is 0 Å². The number of para-hydroxylation sites is 1. The summed E-state index contributed by atoms with van der Waals surface area (Å²) in [5, 5.41) is 19.6. The molecule has 1 aliphatic heterocycles. The van der Waals surface area contributed by atoms with Gasteiger partial charge in [-0.2, -0.15) is 5.10 Å². The number of carboxylic acids is 2. The third-order valence-corrected chi connectivity index (χ3v) is 1.95. The lowest BCUT2D eigenvalue weighted by molar-refractivity contribution is -0.134. The van der Waals surface area contributed by atoms with Crippen LogP contribution in [0.15, 0.2) is 47.6 Å². The zero-order valence-corrected chi connectivity index (χ0v) is 9.85. The summed E-state index contributed by atoms with van der Waals surface area (Å²) in [6.07, 6.45) is 6.79. The van der Waals surface area contributed by atoms with Crippen LogP contribution in [-0.4, -0.2) is 28.4 Å². The minimum atomic E-state index is -1.26. The van der Waals surface area contributed by atoms with Crippen LogP contribution < -0.4 is 5.43 Å². The number of fused-ring (bicyclic) bond motifs is 1. The van der Waals surface area contributed by atoms with E-state index in [4.69, 9.17) is 10.2 Å². The van der Waals surface area contributed by atoms with Crippen LogP contribution in [0.2, 0.25) is 0 Å². The van der Waals surface area contributed by atoms with Gasteiger partial charge in [-0.05, 0) is 17.7 Å². The summed E-state index contributed by atoms with van der Waals surface area (Å²) in [5.41, 5.74) is 5.16. The van der Waals surface area contributed by atoms with Crippen LogP contribution in [-0.2, 0) is 9.59 Å². The Labute approximate surface area is 109 Å². The Morgan fingerprint density at radius 1 is 1.11 bits per heavy atom. The molecule has 6 heteroatoms. The molecule has 0 unspecified atom stereocenters. The van der Waals surface area contributed by atoms with E-state index in [1.807, 2.05) is 36.4 Å². The molecule has 98 valence electrons. The Hall–Kier alpha value is -2.89. The summed E-state index contributed by atoms with van der Waals surface area (Å²) < 4.78 is 0. The number of nitrogens with one attached hydrogen (secondary N) is 1. The van der Waals surface area contributed by atoms with Gasteiger partial charge in [-0.25, -0.2) is 9.59 Å². The highest BCUT2D eigenvalue weighted by Crippen LogP contribution is 2.17. The molecule has 0 aliphatic carbocycles. The number of anilines is 1. The molecule has 19 heavy (non-hydrogen) atoms. The van der Waals surface area contributed by atoms with Crippen LogP contribution in [0.3, 0.4) is 0 Å². The van der Waals surface area contributed by atoms with Crippen molar-refractivity contribution in [1.29, 1.82) is 0 Å². The molecule has 0 bridgehead atoms. The molecule has 1 heterocycles. The number of aliphatic carboxylic acids is 2. The van der Waals surface area contributed by atoms with Gasteiger partial charge in [0.15, 0.2) is 0 Å². The smallest absolute Gasteiger partial charge is 0.328 e. The van der Waals surface area contributed by atoms with E-state index in [1.165, 1.54) is 5.56 Å². The molecule has 0 aromatic heterocycles. The summed E-state index contributed by atoms with van der Waals surface area (Å²) in [6.45, 7) is 0. The van der Waals surface area contributed by atoms with Gasteiger partial charge in [-0.3, -0.25) is 5.43 Å². The fourth-order valence-corrected chi connectivity index (χ4v) is 1.18. The Bertz CT molecular complexity index is 531. The van der Waals surface area contributed by atoms with Gasteiger partial charge in [0, 0.05) is 18.4 Å². The van der Waals surface area contributed by atoms with Crippen molar-refractivity contribution in [3.05, 3.63) is 48.1 Å². The highest BCUT2D eigenvalue weighted by molar-refractivity contribution is 5.89. The second-order valence-corrected chi connectivity index (χ2v) is 3.35. The molecule has 0 amide bonds. The van der Waals surface area contributed by atoms with Gasteiger partial charge >= 0.3 is 11.9 Å². The van der Waals surface area contributed by atoms with Gasteiger partial charge in [0.25, 0.3) is 0 Å². The van der Waals surface area contributed by atoms with Crippen molar-refractivity contribution in [2.75, 3.05) is 5.43 Å². The average Bonchev–Trinajstić information content (AvgIpc) is 2.62. The quantitative estimate of drug-likeness (QED) is 0.704. The van der Waals surface area contributed by atoms with Crippen molar-refractivity contribution in [1.82, 2.24) is 0 Å². The van der Waals surface area contributed by atoms with Crippen LogP contribution >= 0.6 is 0 Å². The molecule has 1 aliphatic rings. The normalized spacial score (nSPS) is 11.8. The first-order valence-corrected chi connectivity index (χ1v) is 5.28. The van der Waals surface area contributed by atoms with Crippen molar-refractivity contribution >= 4 is 29.9 Å². The third kappa shape index (κ3) is 5.83. The first-order valence-electron chi connectivity index (χ1n) is 5.28. The predicted molar refractivity (Wildman–Crippen MR) is 72.0 cm³/mol. The van der Waals surface area contributed by atoms with Crippen LogP contribution in [0.4, 0.5) is 5.69 Å². The van der Waals surface area contributed by atoms with E-state index in [0.717, 1.165) is 5.69 Å². The summed E-state index contributed by atoms with van der Waals surface area (Å²) in [4.78, 5) is 19.1. The molecule has 1 aromatic carbocycles. The number of nitrogens with zero attached hydrogens (tertiary/aromatic N) is 1. The summed E-state index contributed by atoms with van der Waals surface area (Å²) >= 11 is 0. The largest absolute Gasteiger partial charge is 0.478 e. The first-order chi connectivity index (χ1) is 9.09. The van der Waals surface area contributed by atoms with Crippen LogP contribution in [0.25, 0.3) is 6.08 Å². The lowest BCUT2D eigenvalue weighted by Gasteiger charge is -2.00. The predicted octanol–water partition coefficient (Wildman–Crippen LogP) is 1.82. The van der Waals surface area contributed by atoms with Crippen LogP contribution in [0, 0.1) is 0 Å². The lowest BCUT2D eigenvalue weighted by Crippen LogP contribution is -1.91. The van der Waals surface area contributed by atoms with Crippen molar-refractivity contribution in [3.63, 3.8) is 0 Å². The maximum Gasteiger partial charge on any atom is 0.328 e. The van der Waals surface area contributed by atoms with Gasteiger partial charge in [-0.1, -0.05) is 24.3 Å². The van der Waals surface area contributed by atoms with Gasteiger partial charge in [0.2, 0.25) is 0 Å². The SMILES string of the molecule is C1=Cc2ccccc2NN=C1.O=C(O)C=CC(=O)O. The van der Waals surface area contributed by atoms with Gasteiger partial charge in [0.05, 0.1) is 5.69 Å². The van der Waals surface area contributed by atoms with E-state index in [1.54, 1.807) is 6.21 Å². The van der Waals surface area contributed by atoms with Gasteiger partial charge in [-0.15, -0.1) is 0 Å². The Kier molecular flexibility index (Phi) is 5.55. The van der Waals surface area contributed by atoms with E-state index in [-0.39, 0.29) is 0 Å². The number of benzene rings is 1. The van der Waals surface area contributed by atoms with E-state index in [2.05, 4.69) is 10.5 Å².